The zero-order chi connectivity index (χ0) is 21.0. The van der Waals surface area contributed by atoms with Crippen LogP contribution in [0.3, 0.4) is 0 Å². The number of benzene rings is 1. The van der Waals surface area contributed by atoms with Gasteiger partial charge in [0, 0.05) is 28.9 Å². The summed E-state index contributed by atoms with van der Waals surface area (Å²) in [5, 5.41) is 5.43. The molecule has 1 aromatic carbocycles. The maximum absolute atomic E-state index is 12.5. The fourth-order valence-electron chi connectivity index (χ4n) is 3.26. The first-order valence-corrected chi connectivity index (χ1v) is 10.1. The molecule has 7 heteroatoms. The molecule has 0 saturated carbocycles. The largest absolute Gasteiger partial charge is 0.493 e. The lowest BCUT2D eigenvalue weighted by molar-refractivity contribution is -0.115. The molecule has 6 nitrogen and oxygen atoms in total. The number of ether oxygens (including phenoxy) is 2. The molecule has 0 spiro atoms. The second kappa shape index (κ2) is 8.96. The average molecular weight is 412 g/mol. The van der Waals surface area contributed by atoms with Crippen LogP contribution < -0.4 is 14.8 Å². The molecule has 1 N–H and O–H groups in total. The van der Waals surface area contributed by atoms with Gasteiger partial charge in [0.05, 0.1) is 26.3 Å². The molecule has 0 bridgehead atoms. The third kappa shape index (κ3) is 4.51. The number of carbonyl (C=O) groups excluding carboxylic acids is 1. The van der Waals surface area contributed by atoms with Crippen LogP contribution >= 0.6 is 11.3 Å². The summed E-state index contributed by atoms with van der Waals surface area (Å²) in [5.74, 6) is 1.11. The number of hydrogen-bond donors (Lipinski definition) is 1. The number of aromatic nitrogens is 2. The maximum Gasteiger partial charge on any atom is 0.230 e. The predicted octanol–water partition coefficient (Wildman–Crippen LogP) is 4.61. The molecule has 3 rings (SSSR count). The van der Waals surface area contributed by atoms with Gasteiger partial charge in [0.15, 0.2) is 16.6 Å². The fourth-order valence-corrected chi connectivity index (χ4v) is 3.99. The number of amides is 1. The van der Waals surface area contributed by atoms with Gasteiger partial charge in [0.2, 0.25) is 5.91 Å². The van der Waals surface area contributed by atoms with Gasteiger partial charge in [0.1, 0.15) is 0 Å². The number of carbonyl (C=O) groups is 1. The van der Waals surface area contributed by atoms with Gasteiger partial charge in [-0.2, -0.15) is 0 Å². The zero-order valence-corrected chi connectivity index (χ0v) is 17.9. The van der Waals surface area contributed by atoms with Crippen molar-refractivity contribution in [2.75, 3.05) is 19.5 Å². The van der Waals surface area contributed by atoms with E-state index in [0.29, 0.717) is 16.6 Å². The van der Waals surface area contributed by atoms with Gasteiger partial charge in [-0.15, -0.1) is 17.9 Å². The van der Waals surface area contributed by atoms with Crippen LogP contribution in [0, 0.1) is 13.8 Å². The number of nitrogens with one attached hydrogen (secondary N) is 1. The monoisotopic (exact) mass is 411 g/mol. The quantitative estimate of drug-likeness (QED) is 0.550. The fraction of sp³-hybridized carbons (Fsp3) is 0.273. The predicted molar refractivity (Wildman–Crippen MR) is 117 cm³/mol. The number of hydrogen-bond acceptors (Lipinski definition) is 5. The Morgan fingerprint density at radius 1 is 1.24 bits per heavy atom. The first-order chi connectivity index (χ1) is 14.0. The van der Waals surface area contributed by atoms with Crippen LogP contribution in [0.1, 0.15) is 17.0 Å². The molecule has 2 heterocycles. The van der Waals surface area contributed by atoms with Gasteiger partial charge in [-0.05, 0) is 37.6 Å². The Morgan fingerprint density at radius 2 is 2.00 bits per heavy atom. The molecular formula is C22H25N3O3S. The number of allylic oxidation sites excluding steroid dienone is 1. The summed E-state index contributed by atoms with van der Waals surface area (Å²) in [6.45, 7) is 8.71. The van der Waals surface area contributed by atoms with Gasteiger partial charge in [-0.3, -0.25) is 4.79 Å². The summed E-state index contributed by atoms with van der Waals surface area (Å²) >= 11 is 1.42. The van der Waals surface area contributed by atoms with Gasteiger partial charge in [0.25, 0.3) is 0 Å². The molecule has 2 aromatic heterocycles. The van der Waals surface area contributed by atoms with E-state index < -0.39 is 0 Å². The highest BCUT2D eigenvalue weighted by Gasteiger charge is 2.15. The summed E-state index contributed by atoms with van der Waals surface area (Å²) in [4.78, 5) is 17.1. The lowest BCUT2D eigenvalue weighted by Gasteiger charge is -2.09. The van der Waals surface area contributed by atoms with E-state index in [4.69, 9.17) is 9.47 Å². The number of aryl methyl sites for hydroxylation is 1. The minimum absolute atomic E-state index is 0.129. The van der Waals surface area contributed by atoms with E-state index in [1.54, 1.807) is 26.4 Å². The smallest absolute Gasteiger partial charge is 0.230 e. The molecule has 0 atom stereocenters. The van der Waals surface area contributed by atoms with E-state index in [-0.39, 0.29) is 12.3 Å². The van der Waals surface area contributed by atoms with Crippen LogP contribution in [0.2, 0.25) is 0 Å². The summed E-state index contributed by atoms with van der Waals surface area (Å²) in [6.07, 6.45) is 2.10. The van der Waals surface area contributed by atoms with Crippen molar-refractivity contribution in [3.05, 3.63) is 59.3 Å². The molecule has 0 radical (unpaired) electrons. The summed E-state index contributed by atoms with van der Waals surface area (Å²) < 4.78 is 12.7. The molecule has 29 heavy (non-hydrogen) atoms. The highest BCUT2D eigenvalue weighted by atomic mass is 32.1. The molecule has 0 saturated heterocycles. The van der Waals surface area contributed by atoms with Crippen LogP contribution in [0.4, 0.5) is 5.13 Å². The molecule has 0 fully saturated rings. The van der Waals surface area contributed by atoms with Crippen molar-refractivity contribution in [1.82, 2.24) is 9.55 Å². The average Bonchev–Trinajstić information content (AvgIpc) is 3.27. The molecule has 0 aliphatic heterocycles. The molecule has 0 aliphatic rings. The van der Waals surface area contributed by atoms with E-state index in [2.05, 4.69) is 41.4 Å². The van der Waals surface area contributed by atoms with Crippen molar-refractivity contribution in [2.45, 2.75) is 26.8 Å². The van der Waals surface area contributed by atoms with Gasteiger partial charge in [-0.25, -0.2) is 4.98 Å². The SMILES string of the molecule is C=CCn1c(C)cc(-c2csc(NC(=O)Cc3ccc(OC)c(OC)c3)n2)c1C. The normalized spacial score (nSPS) is 10.6. The third-order valence-electron chi connectivity index (χ3n) is 4.72. The molecule has 3 aromatic rings. The second-order valence-corrected chi connectivity index (χ2v) is 7.49. The lowest BCUT2D eigenvalue weighted by Crippen LogP contribution is -2.14. The lowest BCUT2D eigenvalue weighted by atomic mass is 10.1. The van der Waals surface area contributed by atoms with Crippen LogP contribution in [-0.2, 0) is 17.8 Å². The minimum atomic E-state index is -0.129. The first-order valence-electron chi connectivity index (χ1n) is 9.21. The topological polar surface area (TPSA) is 65.4 Å². The number of nitrogens with zero attached hydrogens (tertiary/aromatic N) is 2. The Morgan fingerprint density at radius 3 is 2.69 bits per heavy atom. The van der Waals surface area contributed by atoms with E-state index in [0.717, 1.165) is 34.8 Å². The zero-order valence-electron chi connectivity index (χ0n) is 17.1. The number of thiazole rings is 1. The van der Waals surface area contributed by atoms with Crippen LogP contribution in [0.15, 0.2) is 42.3 Å². The van der Waals surface area contributed by atoms with Crippen LogP contribution in [0.5, 0.6) is 11.5 Å². The summed E-state index contributed by atoms with van der Waals surface area (Å²) in [6, 6.07) is 7.56. The van der Waals surface area contributed by atoms with Gasteiger partial charge >= 0.3 is 0 Å². The van der Waals surface area contributed by atoms with E-state index in [1.165, 1.54) is 11.3 Å². The van der Waals surface area contributed by atoms with Crippen LogP contribution in [0.25, 0.3) is 11.3 Å². The maximum atomic E-state index is 12.5. The molecule has 1 amide bonds. The Kier molecular flexibility index (Phi) is 6.39. The summed E-state index contributed by atoms with van der Waals surface area (Å²) in [7, 11) is 3.16. The van der Waals surface area contributed by atoms with Crippen molar-refractivity contribution >= 4 is 22.4 Å². The van der Waals surface area contributed by atoms with Gasteiger partial charge < -0.3 is 19.4 Å². The molecule has 0 unspecified atom stereocenters. The van der Waals surface area contributed by atoms with Crippen molar-refractivity contribution < 1.29 is 14.3 Å². The van der Waals surface area contributed by atoms with Crippen LogP contribution in [-0.4, -0.2) is 29.7 Å². The number of rotatable bonds is 8. The van der Waals surface area contributed by atoms with E-state index >= 15 is 0 Å². The van der Waals surface area contributed by atoms with Crippen molar-refractivity contribution in [1.29, 1.82) is 0 Å². The second-order valence-electron chi connectivity index (χ2n) is 6.64. The Balaban J connectivity index is 1.71. The van der Waals surface area contributed by atoms with E-state index in [9.17, 15) is 4.79 Å². The first kappa shape index (κ1) is 20.7. The highest BCUT2D eigenvalue weighted by Crippen LogP contribution is 2.30. The van der Waals surface area contributed by atoms with Crippen molar-refractivity contribution in [2.24, 2.45) is 0 Å². The van der Waals surface area contributed by atoms with Crippen molar-refractivity contribution in [3.8, 4) is 22.8 Å². The Labute approximate surface area is 174 Å². The standard InChI is InChI=1S/C22H25N3O3S/c1-6-9-25-14(2)10-17(15(25)3)18-13-29-22(23-18)24-21(26)12-16-7-8-19(27-4)20(11-16)28-5/h6-8,10-11,13H,1,9,12H2,2-5H3,(H,23,24,26). The number of methoxy groups -OCH3 is 2. The van der Waals surface area contributed by atoms with Crippen molar-refractivity contribution in [3.63, 3.8) is 0 Å². The van der Waals surface area contributed by atoms with E-state index in [1.807, 2.05) is 17.5 Å². The molecule has 0 aliphatic carbocycles. The highest BCUT2D eigenvalue weighted by molar-refractivity contribution is 7.14. The minimum Gasteiger partial charge on any atom is -0.493 e. The Hall–Kier alpha value is -3.06. The Bertz CT molecular complexity index is 1040. The molecular weight excluding hydrogens is 386 g/mol. The third-order valence-corrected chi connectivity index (χ3v) is 5.48. The van der Waals surface area contributed by atoms with Gasteiger partial charge in [-0.1, -0.05) is 12.1 Å². The molecule has 152 valence electrons. The summed E-state index contributed by atoms with van der Waals surface area (Å²) in [5.41, 5.74) is 5.06. The number of anilines is 1.